The second-order valence-electron chi connectivity index (χ2n) is 7.01. The summed E-state index contributed by atoms with van der Waals surface area (Å²) in [5, 5.41) is 0. The molecule has 2 rings (SSSR count). The van der Waals surface area contributed by atoms with Crippen LogP contribution in [0.4, 0.5) is 0 Å². The van der Waals surface area contributed by atoms with Gasteiger partial charge in [0.1, 0.15) is 5.75 Å². The Morgan fingerprint density at radius 1 is 1.04 bits per heavy atom. The van der Waals surface area contributed by atoms with E-state index in [0.717, 1.165) is 25.1 Å². The van der Waals surface area contributed by atoms with Crippen molar-refractivity contribution in [1.29, 1.82) is 0 Å². The van der Waals surface area contributed by atoms with Gasteiger partial charge in [0, 0.05) is 38.2 Å². The molecule has 0 aliphatic carbocycles. The normalized spacial score (nSPS) is 15.2. The molecule has 5 nitrogen and oxygen atoms in total. The zero-order valence-electron chi connectivity index (χ0n) is 15.7. The lowest BCUT2D eigenvalue weighted by Crippen LogP contribution is -2.37. The van der Waals surface area contributed by atoms with Gasteiger partial charge in [-0.05, 0) is 43.0 Å². The van der Waals surface area contributed by atoms with Gasteiger partial charge in [0.25, 0.3) is 5.91 Å². The van der Waals surface area contributed by atoms with Crippen LogP contribution in [0.5, 0.6) is 5.75 Å². The van der Waals surface area contributed by atoms with E-state index in [2.05, 4.69) is 13.8 Å². The Kier molecular flexibility index (Phi) is 7.29. The van der Waals surface area contributed by atoms with Crippen LogP contribution in [0.15, 0.2) is 24.3 Å². The molecule has 2 amide bonds. The van der Waals surface area contributed by atoms with Crippen LogP contribution in [0.25, 0.3) is 0 Å². The molecule has 0 bridgehead atoms. The minimum Gasteiger partial charge on any atom is -0.493 e. The summed E-state index contributed by atoms with van der Waals surface area (Å²) >= 11 is 0. The van der Waals surface area contributed by atoms with Crippen molar-refractivity contribution in [3.05, 3.63) is 29.8 Å². The van der Waals surface area contributed by atoms with Crippen LogP contribution >= 0.6 is 0 Å². The number of benzene rings is 1. The van der Waals surface area contributed by atoms with Gasteiger partial charge in [0.15, 0.2) is 0 Å². The van der Waals surface area contributed by atoms with Gasteiger partial charge >= 0.3 is 0 Å². The zero-order chi connectivity index (χ0) is 18.2. The van der Waals surface area contributed by atoms with Gasteiger partial charge in [-0.25, -0.2) is 0 Å². The lowest BCUT2D eigenvalue weighted by molar-refractivity contribution is -0.131. The second kappa shape index (κ2) is 9.44. The topological polar surface area (TPSA) is 49.9 Å². The van der Waals surface area contributed by atoms with Gasteiger partial charge in [-0.15, -0.1) is 0 Å². The fourth-order valence-electron chi connectivity index (χ4n) is 2.88. The summed E-state index contributed by atoms with van der Waals surface area (Å²) in [4.78, 5) is 28.5. The summed E-state index contributed by atoms with van der Waals surface area (Å²) in [6, 6.07) is 7.35. The highest BCUT2D eigenvalue weighted by Crippen LogP contribution is 2.16. The van der Waals surface area contributed by atoms with Gasteiger partial charge in [-0.2, -0.15) is 0 Å². The maximum atomic E-state index is 12.7. The van der Waals surface area contributed by atoms with E-state index >= 15 is 0 Å². The molecule has 1 aliphatic heterocycles. The number of nitrogens with zero attached hydrogens (tertiary/aromatic N) is 2. The Balaban J connectivity index is 1.92. The lowest BCUT2D eigenvalue weighted by atomic mass is 10.2. The Labute approximate surface area is 150 Å². The molecule has 1 aromatic rings. The highest BCUT2D eigenvalue weighted by molar-refractivity contribution is 5.94. The Hall–Kier alpha value is -2.04. The van der Waals surface area contributed by atoms with E-state index in [1.165, 1.54) is 0 Å². The predicted molar refractivity (Wildman–Crippen MR) is 98.8 cm³/mol. The van der Waals surface area contributed by atoms with Gasteiger partial charge < -0.3 is 14.5 Å². The van der Waals surface area contributed by atoms with Crippen LogP contribution in [0.1, 0.15) is 50.4 Å². The predicted octanol–water partition coefficient (Wildman–Crippen LogP) is 3.20. The standard InChI is InChI=1S/C20H30N2O3/c1-4-6-19(23)21-11-5-12-22(14-13-21)20(24)17-7-9-18(10-8-17)25-15-16(2)3/h7-10,16H,4-6,11-15H2,1-3H3. The third-order valence-corrected chi connectivity index (χ3v) is 4.28. The van der Waals surface area contributed by atoms with E-state index in [1.54, 1.807) is 0 Å². The van der Waals surface area contributed by atoms with Crippen LogP contribution in [-0.2, 0) is 4.79 Å². The summed E-state index contributed by atoms with van der Waals surface area (Å²) in [6.07, 6.45) is 2.28. The largest absolute Gasteiger partial charge is 0.493 e. The van der Waals surface area contributed by atoms with Crippen molar-refractivity contribution in [2.75, 3.05) is 32.8 Å². The average molecular weight is 346 g/mol. The zero-order valence-corrected chi connectivity index (χ0v) is 15.7. The van der Waals surface area contributed by atoms with E-state index in [1.807, 2.05) is 41.0 Å². The molecular formula is C20H30N2O3. The first-order valence-corrected chi connectivity index (χ1v) is 9.31. The van der Waals surface area contributed by atoms with Gasteiger partial charge in [0.2, 0.25) is 5.91 Å². The van der Waals surface area contributed by atoms with Gasteiger partial charge in [-0.3, -0.25) is 9.59 Å². The SMILES string of the molecule is CCCC(=O)N1CCCN(C(=O)c2ccc(OCC(C)C)cc2)CC1. The molecule has 1 aliphatic rings. The van der Waals surface area contributed by atoms with Crippen molar-refractivity contribution >= 4 is 11.8 Å². The minimum absolute atomic E-state index is 0.0280. The van der Waals surface area contributed by atoms with E-state index in [4.69, 9.17) is 4.74 Å². The van der Waals surface area contributed by atoms with Crippen LogP contribution in [0.2, 0.25) is 0 Å². The molecule has 5 heteroatoms. The molecule has 25 heavy (non-hydrogen) atoms. The highest BCUT2D eigenvalue weighted by atomic mass is 16.5. The van der Waals surface area contributed by atoms with E-state index < -0.39 is 0 Å². The Morgan fingerprint density at radius 3 is 2.32 bits per heavy atom. The van der Waals surface area contributed by atoms with Crippen molar-refractivity contribution in [1.82, 2.24) is 9.80 Å². The van der Waals surface area contributed by atoms with Crippen LogP contribution in [0.3, 0.4) is 0 Å². The first-order valence-electron chi connectivity index (χ1n) is 9.31. The van der Waals surface area contributed by atoms with E-state index in [0.29, 0.717) is 44.1 Å². The highest BCUT2D eigenvalue weighted by Gasteiger charge is 2.22. The fraction of sp³-hybridized carbons (Fsp3) is 0.600. The summed E-state index contributed by atoms with van der Waals surface area (Å²) in [5.74, 6) is 1.48. The quantitative estimate of drug-likeness (QED) is 0.795. The molecule has 0 spiro atoms. The number of ether oxygens (including phenoxy) is 1. The molecule has 0 saturated carbocycles. The molecule has 1 heterocycles. The van der Waals surface area contributed by atoms with Gasteiger partial charge in [0.05, 0.1) is 6.61 Å². The number of amides is 2. The second-order valence-corrected chi connectivity index (χ2v) is 7.01. The smallest absolute Gasteiger partial charge is 0.253 e. The van der Waals surface area contributed by atoms with Crippen LogP contribution in [-0.4, -0.2) is 54.4 Å². The summed E-state index contributed by atoms with van der Waals surface area (Å²) < 4.78 is 5.66. The number of rotatable bonds is 6. The van der Waals surface area contributed by atoms with E-state index in [-0.39, 0.29) is 11.8 Å². The number of carbonyl (C=O) groups is 2. The number of hydrogen-bond acceptors (Lipinski definition) is 3. The first-order chi connectivity index (χ1) is 12.0. The lowest BCUT2D eigenvalue weighted by Gasteiger charge is -2.22. The summed E-state index contributed by atoms with van der Waals surface area (Å²) in [5.41, 5.74) is 0.672. The summed E-state index contributed by atoms with van der Waals surface area (Å²) in [6.45, 7) is 9.55. The van der Waals surface area contributed by atoms with Gasteiger partial charge in [-0.1, -0.05) is 20.8 Å². The fourth-order valence-corrected chi connectivity index (χ4v) is 2.88. The number of carbonyl (C=O) groups excluding carboxylic acids is 2. The molecule has 0 unspecified atom stereocenters. The van der Waals surface area contributed by atoms with Crippen molar-refractivity contribution in [3.8, 4) is 5.75 Å². The maximum absolute atomic E-state index is 12.7. The third kappa shape index (κ3) is 5.76. The molecule has 0 atom stereocenters. The van der Waals surface area contributed by atoms with Crippen molar-refractivity contribution in [2.24, 2.45) is 5.92 Å². The van der Waals surface area contributed by atoms with Crippen LogP contribution < -0.4 is 4.74 Å². The molecule has 1 fully saturated rings. The molecule has 0 aromatic heterocycles. The third-order valence-electron chi connectivity index (χ3n) is 4.28. The minimum atomic E-state index is 0.0280. The molecular weight excluding hydrogens is 316 g/mol. The molecule has 1 aromatic carbocycles. The van der Waals surface area contributed by atoms with Crippen molar-refractivity contribution in [2.45, 2.75) is 40.0 Å². The molecule has 138 valence electrons. The average Bonchev–Trinajstić information content (AvgIpc) is 2.86. The molecule has 1 saturated heterocycles. The van der Waals surface area contributed by atoms with Crippen molar-refractivity contribution in [3.63, 3.8) is 0 Å². The first kappa shape index (κ1) is 19.3. The number of hydrogen-bond donors (Lipinski definition) is 0. The monoisotopic (exact) mass is 346 g/mol. The maximum Gasteiger partial charge on any atom is 0.253 e. The summed E-state index contributed by atoms with van der Waals surface area (Å²) in [7, 11) is 0. The van der Waals surface area contributed by atoms with E-state index in [9.17, 15) is 9.59 Å². The molecule has 0 radical (unpaired) electrons. The molecule has 0 N–H and O–H groups in total. The van der Waals surface area contributed by atoms with Crippen molar-refractivity contribution < 1.29 is 14.3 Å². The van der Waals surface area contributed by atoms with Crippen LogP contribution in [0, 0.1) is 5.92 Å². The Morgan fingerprint density at radius 2 is 1.68 bits per heavy atom. The Bertz CT molecular complexity index is 569.